The fourth-order valence-electron chi connectivity index (χ4n) is 1.87. The number of esters is 1. The van der Waals surface area contributed by atoms with Gasteiger partial charge in [0, 0.05) is 6.42 Å². The molecule has 1 amide bonds. The van der Waals surface area contributed by atoms with Gasteiger partial charge in [-0.1, -0.05) is 36.8 Å². The van der Waals surface area contributed by atoms with Crippen molar-refractivity contribution in [3.05, 3.63) is 40.4 Å². The van der Waals surface area contributed by atoms with Crippen molar-refractivity contribution in [1.29, 1.82) is 0 Å². The molecule has 0 saturated carbocycles. The zero-order chi connectivity index (χ0) is 15.9. The second-order valence-corrected chi connectivity index (χ2v) is 5.66. The molecular weight excluding hydrogens is 302 g/mol. The van der Waals surface area contributed by atoms with Crippen molar-refractivity contribution < 1.29 is 14.3 Å². The molecule has 1 aromatic heterocycles. The van der Waals surface area contributed by atoms with Crippen LogP contribution in [0.15, 0.2) is 24.3 Å². The first-order valence-corrected chi connectivity index (χ1v) is 7.78. The number of rotatable bonds is 6. The number of amides is 1. The lowest BCUT2D eigenvalue weighted by atomic mass is 10.1. The zero-order valence-electron chi connectivity index (χ0n) is 12.5. The van der Waals surface area contributed by atoms with Crippen LogP contribution in [0.2, 0.25) is 0 Å². The number of ether oxygens (including phenoxy) is 1. The Bertz CT molecular complexity index is 670. The summed E-state index contributed by atoms with van der Waals surface area (Å²) >= 11 is 1.35. The lowest BCUT2D eigenvalue weighted by Crippen LogP contribution is -2.17. The third kappa shape index (κ3) is 3.88. The maximum absolute atomic E-state index is 12.3. The Labute approximate surface area is 132 Å². The fraction of sp³-hybridized carbons (Fsp3) is 0.333. The molecule has 0 spiro atoms. The van der Waals surface area contributed by atoms with Crippen molar-refractivity contribution >= 4 is 28.3 Å². The van der Waals surface area contributed by atoms with Gasteiger partial charge in [-0.3, -0.25) is 10.1 Å². The van der Waals surface area contributed by atoms with Crippen LogP contribution in [0.5, 0.6) is 0 Å². The Morgan fingerprint density at radius 1 is 1.23 bits per heavy atom. The van der Waals surface area contributed by atoms with Crippen LogP contribution >= 0.6 is 11.3 Å². The first-order valence-electron chi connectivity index (χ1n) is 6.96. The molecule has 22 heavy (non-hydrogen) atoms. The average Bonchev–Trinajstić information content (AvgIpc) is 2.99. The lowest BCUT2D eigenvalue weighted by molar-refractivity contribution is 0.0597. The van der Waals surface area contributed by atoms with E-state index in [1.54, 1.807) is 24.3 Å². The molecule has 1 N–H and O–H groups in total. The molecule has 0 atom stereocenters. The van der Waals surface area contributed by atoms with Crippen LogP contribution in [0, 0.1) is 0 Å². The summed E-state index contributed by atoms with van der Waals surface area (Å²) < 4.78 is 4.68. The number of nitrogens with one attached hydrogen (secondary N) is 1. The highest BCUT2D eigenvalue weighted by molar-refractivity contribution is 7.15. The summed E-state index contributed by atoms with van der Waals surface area (Å²) in [5, 5.41) is 12.0. The molecule has 2 rings (SSSR count). The van der Waals surface area contributed by atoms with Crippen LogP contribution in [0.4, 0.5) is 5.13 Å². The van der Waals surface area contributed by atoms with E-state index in [1.807, 2.05) is 0 Å². The Morgan fingerprint density at radius 3 is 2.64 bits per heavy atom. The molecule has 6 nitrogen and oxygen atoms in total. The Kier molecular flexibility index (Phi) is 5.60. The second kappa shape index (κ2) is 7.65. The predicted molar refractivity (Wildman–Crippen MR) is 84.3 cm³/mol. The molecule has 1 aromatic carbocycles. The molecule has 7 heteroatoms. The summed E-state index contributed by atoms with van der Waals surface area (Å²) in [6, 6.07) is 6.49. The number of aromatic nitrogens is 2. The van der Waals surface area contributed by atoms with E-state index in [2.05, 4.69) is 27.2 Å². The van der Waals surface area contributed by atoms with Crippen molar-refractivity contribution in [1.82, 2.24) is 10.2 Å². The van der Waals surface area contributed by atoms with E-state index in [0.29, 0.717) is 5.13 Å². The van der Waals surface area contributed by atoms with Crippen molar-refractivity contribution in [2.75, 3.05) is 12.4 Å². The number of anilines is 1. The van der Waals surface area contributed by atoms with Crippen LogP contribution in [0.25, 0.3) is 0 Å². The summed E-state index contributed by atoms with van der Waals surface area (Å²) in [4.78, 5) is 24.0. The van der Waals surface area contributed by atoms with Gasteiger partial charge in [0.15, 0.2) is 0 Å². The van der Waals surface area contributed by atoms with Crippen molar-refractivity contribution in [2.24, 2.45) is 0 Å². The van der Waals surface area contributed by atoms with Crippen LogP contribution in [0.1, 0.15) is 45.5 Å². The van der Waals surface area contributed by atoms with E-state index in [-0.39, 0.29) is 11.1 Å². The number of carbonyl (C=O) groups is 2. The number of benzene rings is 1. The van der Waals surface area contributed by atoms with Gasteiger partial charge in [-0.15, -0.1) is 10.2 Å². The van der Waals surface area contributed by atoms with Gasteiger partial charge in [0.25, 0.3) is 5.91 Å². The van der Waals surface area contributed by atoms with E-state index >= 15 is 0 Å². The molecule has 0 fully saturated rings. The smallest absolute Gasteiger partial charge is 0.338 e. The summed E-state index contributed by atoms with van der Waals surface area (Å²) in [5.41, 5.74) is 0.470. The van der Waals surface area contributed by atoms with Crippen LogP contribution in [-0.2, 0) is 11.2 Å². The molecule has 0 bridgehead atoms. The molecule has 0 radical (unpaired) electrons. The van der Waals surface area contributed by atoms with Gasteiger partial charge in [-0.2, -0.15) is 0 Å². The van der Waals surface area contributed by atoms with Crippen LogP contribution in [-0.4, -0.2) is 29.2 Å². The van der Waals surface area contributed by atoms with E-state index < -0.39 is 11.9 Å². The quantitative estimate of drug-likeness (QED) is 0.828. The van der Waals surface area contributed by atoms with Gasteiger partial charge < -0.3 is 4.74 Å². The monoisotopic (exact) mass is 319 g/mol. The van der Waals surface area contributed by atoms with Gasteiger partial charge in [0.1, 0.15) is 5.01 Å². The van der Waals surface area contributed by atoms with Gasteiger partial charge in [0.2, 0.25) is 5.13 Å². The summed E-state index contributed by atoms with van der Waals surface area (Å²) in [6.07, 6.45) is 2.96. The Balaban J connectivity index is 2.12. The van der Waals surface area contributed by atoms with Crippen LogP contribution < -0.4 is 5.32 Å². The highest BCUT2D eigenvalue weighted by Gasteiger charge is 2.18. The lowest BCUT2D eigenvalue weighted by Gasteiger charge is -2.06. The molecular formula is C15H17N3O3S. The number of nitrogens with zero attached hydrogens (tertiary/aromatic N) is 2. The maximum Gasteiger partial charge on any atom is 0.338 e. The topological polar surface area (TPSA) is 81.2 Å². The predicted octanol–water partition coefficient (Wildman–Crippen LogP) is 2.92. The first kappa shape index (κ1) is 16.1. The maximum atomic E-state index is 12.3. The van der Waals surface area contributed by atoms with E-state index in [4.69, 9.17) is 0 Å². The molecule has 0 aliphatic rings. The Morgan fingerprint density at radius 2 is 1.95 bits per heavy atom. The van der Waals surface area contributed by atoms with Gasteiger partial charge in [-0.25, -0.2) is 4.79 Å². The number of aryl methyl sites for hydroxylation is 1. The largest absolute Gasteiger partial charge is 0.465 e. The normalized spacial score (nSPS) is 10.3. The highest BCUT2D eigenvalue weighted by Crippen LogP contribution is 2.19. The molecule has 0 aliphatic heterocycles. The molecule has 1 heterocycles. The molecule has 0 aliphatic carbocycles. The molecule has 2 aromatic rings. The number of methoxy groups -OCH3 is 1. The summed E-state index contributed by atoms with van der Waals surface area (Å²) in [6.45, 7) is 2.10. The third-order valence-electron chi connectivity index (χ3n) is 3.01. The first-order chi connectivity index (χ1) is 10.7. The Hall–Kier alpha value is -2.28. The summed E-state index contributed by atoms with van der Waals surface area (Å²) in [7, 11) is 1.28. The minimum Gasteiger partial charge on any atom is -0.465 e. The van der Waals surface area contributed by atoms with E-state index in [9.17, 15) is 9.59 Å². The number of hydrogen-bond donors (Lipinski definition) is 1. The minimum absolute atomic E-state index is 0.221. The van der Waals surface area contributed by atoms with Crippen molar-refractivity contribution in [3.8, 4) is 0 Å². The average molecular weight is 319 g/mol. The second-order valence-electron chi connectivity index (χ2n) is 4.60. The number of carbonyl (C=O) groups excluding carboxylic acids is 2. The van der Waals surface area contributed by atoms with Gasteiger partial charge >= 0.3 is 5.97 Å². The standard InChI is InChI=1S/C15H17N3O3S/c1-3-4-9-12-17-18-15(22-12)16-13(19)10-7-5-6-8-11(10)14(20)21-2/h5-8H,3-4,9H2,1-2H3,(H,16,18,19). The third-order valence-corrected chi connectivity index (χ3v) is 3.91. The van der Waals surface area contributed by atoms with Gasteiger partial charge in [-0.05, 0) is 18.6 Å². The number of hydrogen-bond acceptors (Lipinski definition) is 6. The minimum atomic E-state index is -0.549. The van der Waals surface area contributed by atoms with Crippen molar-refractivity contribution in [3.63, 3.8) is 0 Å². The molecule has 0 saturated heterocycles. The zero-order valence-corrected chi connectivity index (χ0v) is 13.3. The van der Waals surface area contributed by atoms with Crippen molar-refractivity contribution in [2.45, 2.75) is 26.2 Å². The van der Waals surface area contributed by atoms with E-state index in [1.165, 1.54) is 18.4 Å². The molecule has 0 unspecified atom stereocenters. The van der Waals surface area contributed by atoms with E-state index in [0.717, 1.165) is 24.3 Å². The van der Waals surface area contributed by atoms with Crippen LogP contribution in [0.3, 0.4) is 0 Å². The highest BCUT2D eigenvalue weighted by atomic mass is 32.1. The molecule has 116 valence electrons. The fourth-order valence-corrected chi connectivity index (χ4v) is 2.64. The summed E-state index contributed by atoms with van der Waals surface area (Å²) in [5.74, 6) is -0.953. The number of unbranched alkanes of at least 4 members (excludes halogenated alkanes) is 1. The SMILES string of the molecule is CCCCc1nnc(NC(=O)c2ccccc2C(=O)OC)s1. The van der Waals surface area contributed by atoms with Gasteiger partial charge in [0.05, 0.1) is 18.2 Å².